The van der Waals surface area contributed by atoms with Gasteiger partial charge in [0.25, 0.3) is 10.1 Å². The Morgan fingerprint density at radius 3 is 2.25 bits per heavy atom. The molecule has 0 atom stereocenters. The van der Waals surface area contributed by atoms with Gasteiger partial charge in [0.2, 0.25) is 6.29 Å². The molecule has 4 nitrogen and oxygen atoms in total. The monoisotopic (exact) mass is 191 g/mol. The summed E-state index contributed by atoms with van der Waals surface area (Å²) in [7, 11) is -4.22. The van der Waals surface area contributed by atoms with Gasteiger partial charge in [-0.25, -0.2) is 0 Å². The van der Waals surface area contributed by atoms with E-state index >= 15 is 0 Å². The van der Waals surface area contributed by atoms with Crippen LogP contribution in [0.4, 0.5) is 0 Å². The largest absolute Gasteiger partial charge is 0.290 e. The molecule has 1 N–H and O–H groups in total. The number of hydrogen-bond donors (Lipinski definition) is 1. The summed E-state index contributed by atoms with van der Waals surface area (Å²) >= 11 is 0. The Labute approximate surface area is 72.0 Å². The first kappa shape index (κ1) is 11.3. The van der Waals surface area contributed by atoms with Crippen LogP contribution in [0.5, 0.6) is 0 Å². The molecule has 0 bridgehead atoms. The third-order valence-electron chi connectivity index (χ3n) is 1.44. The van der Waals surface area contributed by atoms with Crippen molar-refractivity contribution in [2.24, 2.45) is 0 Å². The van der Waals surface area contributed by atoms with Crippen LogP contribution in [0.1, 0.15) is 26.7 Å². The van der Waals surface area contributed by atoms with Gasteiger partial charge in [-0.15, -0.1) is 0 Å². The van der Waals surface area contributed by atoms with Crippen LogP contribution in [-0.4, -0.2) is 19.3 Å². The molecule has 0 aliphatic rings. The Balaban J connectivity index is 4.98. The fourth-order valence-corrected chi connectivity index (χ4v) is 1.16. The summed E-state index contributed by atoms with van der Waals surface area (Å²) in [5.74, 6) is 0. The fourth-order valence-electron chi connectivity index (χ4n) is 0.705. The normalized spacial score (nSPS) is 13.9. The molecule has 0 rings (SSSR count). The van der Waals surface area contributed by atoms with E-state index in [9.17, 15) is 13.2 Å². The molecular weight excluding hydrogens is 180 g/mol. The zero-order chi connectivity index (χ0) is 9.78. The van der Waals surface area contributed by atoms with Gasteiger partial charge in [0.15, 0.2) is 0 Å². The molecular formula is C7H11O4S. The second-order valence-electron chi connectivity index (χ2n) is 2.36. The summed E-state index contributed by atoms with van der Waals surface area (Å²) in [6, 6.07) is 0. The van der Waals surface area contributed by atoms with Crippen LogP contribution in [0.15, 0.2) is 10.5 Å². The van der Waals surface area contributed by atoms with Crippen molar-refractivity contribution in [3.8, 4) is 0 Å². The molecule has 0 saturated heterocycles. The van der Waals surface area contributed by atoms with E-state index in [0.717, 1.165) is 0 Å². The molecule has 0 aromatic rings. The van der Waals surface area contributed by atoms with E-state index in [1.165, 1.54) is 13.2 Å². The lowest BCUT2D eigenvalue weighted by Gasteiger charge is -2.00. The van der Waals surface area contributed by atoms with Crippen LogP contribution in [-0.2, 0) is 14.9 Å². The predicted octanol–water partition coefficient (Wildman–Crippen LogP) is 1.06. The number of rotatable bonds is 4. The van der Waals surface area contributed by atoms with E-state index in [1.54, 1.807) is 6.92 Å². The van der Waals surface area contributed by atoms with Gasteiger partial charge in [-0.3, -0.25) is 9.35 Å². The Hall–Kier alpha value is -0.680. The van der Waals surface area contributed by atoms with Crippen LogP contribution in [0.3, 0.4) is 0 Å². The van der Waals surface area contributed by atoms with Gasteiger partial charge in [-0.05, 0) is 13.3 Å². The zero-order valence-electron chi connectivity index (χ0n) is 6.99. The van der Waals surface area contributed by atoms with Crippen molar-refractivity contribution >= 4 is 16.4 Å². The lowest BCUT2D eigenvalue weighted by atomic mass is 10.2. The topological polar surface area (TPSA) is 71.4 Å². The van der Waals surface area contributed by atoms with E-state index in [-0.39, 0.29) is 10.5 Å². The van der Waals surface area contributed by atoms with Crippen LogP contribution < -0.4 is 0 Å². The third kappa shape index (κ3) is 3.15. The summed E-state index contributed by atoms with van der Waals surface area (Å²) in [6.45, 7) is 2.99. The van der Waals surface area contributed by atoms with Gasteiger partial charge >= 0.3 is 0 Å². The maximum atomic E-state index is 10.5. The quantitative estimate of drug-likeness (QED) is 0.532. The first-order valence-electron chi connectivity index (χ1n) is 3.48. The van der Waals surface area contributed by atoms with Crippen molar-refractivity contribution in [3.05, 3.63) is 10.5 Å². The molecule has 5 heteroatoms. The molecule has 69 valence electrons. The zero-order valence-corrected chi connectivity index (χ0v) is 7.81. The second-order valence-corrected chi connectivity index (χ2v) is 3.92. The van der Waals surface area contributed by atoms with Crippen molar-refractivity contribution in [1.82, 2.24) is 0 Å². The van der Waals surface area contributed by atoms with E-state index in [2.05, 4.69) is 0 Å². The lowest BCUT2D eigenvalue weighted by Crippen LogP contribution is -2.03. The summed E-state index contributed by atoms with van der Waals surface area (Å²) in [4.78, 5) is 9.92. The lowest BCUT2D eigenvalue weighted by molar-refractivity contribution is 0.490. The molecule has 0 saturated carbocycles. The van der Waals surface area contributed by atoms with Gasteiger partial charge in [-0.2, -0.15) is 8.42 Å². The van der Waals surface area contributed by atoms with Gasteiger partial charge in [0, 0.05) is 5.57 Å². The number of hydrogen-bond acceptors (Lipinski definition) is 3. The molecule has 0 aliphatic heterocycles. The smallest absolute Gasteiger partial charge is 0.285 e. The number of carbonyl (C=O) groups excluding carboxylic acids is 1. The Morgan fingerprint density at radius 1 is 1.50 bits per heavy atom. The summed E-state index contributed by atoms with van der Waals surface area (Å²) in [6.07, 6.45) is 2.45. The van der Waals surface area contributed by atoms with Crippen LogP contribution in [0.2, 0.25) is 0 Å². The predicted molar refractivity (Wildman–Crippen MR) is 44.9 cm³/mol. The second kappa shape index (κ2) is 4.37. The third-order valence-corrected chi connectivity index (χ3v) is 2.46. The van der Waals surface area contributed by atoms with Gasteiger partial charge in [0.1, 0.15) is 0 Å². The molecule has 1 radical (unpaired) electrons. The van der Waals surface area contributed by atoms with Crippen LogP contribution >= 0.6 is 0 Å². The fraction of sp³-hybridized carbons (Fsp3) is 0.571. The van der Waals surface area contributed by atoms with Crippen LogP contribution in [0, 0.1) is 0 Å². The average Bonchev–Trinajstić information content (AvgIpc) is 1.97. The van der Waals surface area contributed by atoms with Crippen molar-refractivity contribution in [2.45, 2.75) is 26.7 Å². The van der Waals surface area contributed by atoms with E-state index < -0.39 is 10.1 Å². The molecule has 0 heterocycles. The molecule has 0 aromatic heterocycles. The van der Waals surface area contributed by atoms with E-state index in [0.29, 0.717) is 12.8 Å². The van der Waals surface area contributed by atoms with Gasteiger partial charge < -0.3 is 0 Å². The minimum atomic E-state index is -4.22. The van der Waals surface area contributed by atoms with E-state index in [4.69, 9.17) is 4.55 Å². The molecule has 0 amide bonds. The van der Waals surface area contributed by atoms with Crippen molar-refractivity contribution in [3.63, 3.8) is 0 Å². The van der Waals surface area contributed by atoms with E-state index in [1.807, 2.05) is 0 Å². The summed E-state index contributed by atoms with van der Waals surface area (Å²) in [5, 5.41) is 0. The maximum absolute atomic E-state index is 10.5. The maximum Gasteiger partial charge on any atom is 0.290 e. The first-order valence-corrected chi connectivity index (χ1v) is 4.92. The summed E-state index contributed by atoms with van der Waals surface area (Å²) in [5.41, 5.74) is 0.0139. The highest BCUT2D eigenvalue weighted by Crippen LogP contribution is 2.12. The van der Waals surface area contributed by atoms with Gasteiger partial charge in [-0.1, -0.05) is 13.3 Å². The highest BCUT2D eigenvalue weighted by molar-refractivity contribution is 7.89. The molecule has 0 unspecified atom stereocenters. The highest BCUT2D eigenvalue weighted by Gasteiger charge is 2.13. The summed E-state index contributed by atoms with van der Waals surface area (Å²) < 4.78 is 29.6. The standard InChI is InChI=1S/C7H11O4S/c1-3-4-7(5-8)6(2)12(9,10)11/h3-4H2,1-2H3,(H,9,10,11). The molecule has 12 heavy (non-hydrogen) atoms. The van der Waals surface area contributed by atoms with Gasteiger partial charge in [0.05, 0.1) is 4.91 Å². The molecule has 0 fully saturated rings. The van der Waals surface area contributed by atoms with Crippen molar-refractivity contribution in [1.29, 1.82) is 0 Å². The SMILES string of the molecule is CCCC([C]=O)=C(C)S(=O)(=O)O. The Kier molecular flexibility index (Phi) is 4.12. The van der Waals surface area contributed by atoms with Crippen molar-refractivity contribution in [2.75, 3.05) is 0 Å². The molecule has 0 aromatic carbocycles. The molecule has 0 spiro atoms. The number of allylic oxidation sites excluding steroid dienone is 2. The molecule has 0 aliphatic carbocycles. The Morgan fingerprint density at radius 2 is 2.00 bits per heavy atom. The first-order chi connectivity index (χ1) is 5.43. The van der Waals surface area contributed by atoms with Crippen LogP contribution in [0.25, 0.3) is 0 Å². The van der Waals surface area contributed by atoms with Crippen molar-refractivity contribution < 1.29 is 17.8 Å². The highest BCUT2D eigenvalue weighted by atomic mass is 32.2. The minimum Gasteiger partial charge on any atom is -0.285 e. The Bertz CT molecular complexity index is 287. The minimum absolute atomic E-state index is 0.0139. The average molecular weight is 191 g/mol.